The molecule has 0 aliphatic carbocycles. The van der Waals surface area contributed by atoms with E-state index in [-0.39, 0.29) is 0 Å². The first-order valence-corrected chi connectivity index (χ1v) is 6.33. The zero-order valence-corrected chi connectivity index (χ0v) is 10.6. The molecule has 0 aliphatic heterocycles. The average molecular weight is 232 g/mol. The minimum atomic E-state index is 0.533. The largest absolute Gasteiger partial charge is 0.307 e. The fourth-order valence-electron chi connectivity index (χ4n) is 1.89. The van der Waals surface area contributed by atoms with E-state index in [1.165, 1.54) is 19.3 Å². The number of nitrogens with one attached hydrogen (secondary N) is 1. The number of nitrogens with zero attached hydrogens (tertiary/aromatic N) is 3. The van der Waals surface area contributed by atoms with Gasteiger partial charge in [-0.2, -0.15) is 0 Å². The van der Waals surface area contributed by atoms with E-state index >= 15 is 0 Å². The molecule has 0 radical (unpaired) electrons. The third kappa shape index (κ3) is 3.03. The van der Waals surface area contributed by atoms with Gasteiger partial charge < -0.3 is 5.32 Å². The Morgan fingerprint density at radius 1 is 1.35 bits per heavy atom. The maximum atomic E-state index is 4.20. The molecule has 0 amide bonds. The first kappa shape index (κ1) is 12.0. The Labute approximate surface area is 102 Å². The summed E-state index contributed by atoms with van der Waals surface area (Å²) in [4.78, 5) is 0. The normalized spacial score (nSPS) is 13.1. The molecule has 92 valence electrons. The highest BCUT2D eigenvalue weighted by Crippen LogP contribution is 2.04. The molecule has 4 nitrogen and oxygen atoms in total. The Morgan fingerprint density at radius 2 is 2.24 bits per heavy atom. The van der Waals surface area contributed by atoms with Crippen LogP contribution >= 0.6 is 0 Å². The molecule has 2 heterocycles. The quantitative estimate of drug-likeness (QED) is 0.831. The molecule has 4 heteroatoms. The fourth-order valence-corrected chi connectivity index (χ4v) is 1.89. The van der Waals surface area contributed by atoms with Crippen molar-refractivity contribution in [2.45, 2.75) is 45.7 Å². The number of hydrogen-bond acceptors (Lipinski definition) is 3. The lowest BCUT2D eigenvalue weighted by molar-refractivity contribution is 0.486. The van der Waals surface area contributed by atoms with Gasteiger partial charge in [0.25, 0.3) is 0 Å². The van der Waals surface area contributed by atoms with E-state index in [1.807, 2.05) is 28.8 Å². The zero-order valence-electron chi connectivity index (χ0n) is 10.6. The zero-order chi connectivity index (χ0) is 12.1. The highest BCUT2D eigenvalue weighted by Gasteiger charge is 2.06. The summed E-state index contributed by atoms with van der Waals surface area (Å²) in [6.07, 6.45) is 5.74. The van der Waals surface area contributed by atoms with Crippen molar-refractivity contribution in [2.75, 3.05) is 0 Å². The van der Waals surface area contributed by atoms with E-state index in [0.29, 0.717) is 6.04 Å². The molecule has 0 saturated heterocycles. The standard InChI is InChI=1S/C13H20N4/c1-3-4-7-11(2)14-10-13-16-15-12-8-5-6-9-17(12)13/h5-6,8-9,11,14H,3-4,7,10H2,1-2H3/t11-/m0/s1. The molecule has 0 bridgehead atoms. The first-order chi connectivity index (χ1) is 8.31. The Morgan fingerprint density at radius 3 is 3.06 bits per heavy atom. The van der Waals surface area contributed by atoms with E-state index < -0.39 is 0 Å². The monoisotopic (exact) mass is 232 g/mol. The second-order valence-electron chi connectivity index (χ2n) is 4.47. The van der Waals surface area contributed by atoms with Gasteiger partial charge in [0.2, 0.25) is 0 Å². The van der Waals surface area contributed by atoms with Crippen LogP contribution in [0.15, 0.2) is 24.4 Å². The second-order valence-corrected chi connectivity index (χ2v) is 4.47. The van der Waals surface area contributed by atoms with Crippen molar-refractivity contribution in [1.29, 1.82) is 0 Å². The molecular weight excluding hydrogens is 212 g/mol. The van der Waals surface area contributed by atoms with Crippen LogP contribution in [-0.4, -0.2) is 20.6 Å². The maximum absolute atomic E-state index is 4.20. The van der Waals surface area contributed by atoms with E-state index in [1.54, 1.807) is 0 Å². The summed E-state index contributed by atoms with van der Waals surface area (Å²) >= 11 is 0. The lowest BCUT2D eigenvalue weighted by Crippen LogP contribution is -2.26. The van der Waals surface area contributed by atoms with Gasteiger partial charge in [-0.25, -0.2) is 0 Å². The van der Waals surface area contributed by atoms with Crippen molar-refractivity contribution in [2.24, 2.45) is 0 Å². The molecule has 0 aromatic carbocycles. The molecule has 2 aromatic rings. The van der Waals surface area contributed by atoms with Crippen molar-refractivity contribution in [1.82, 2.24) is 19.9 Å². The summed E-state index contributed by atoms with van der Waals surface area (Å²) in [7, 11) is 0. The van der Waals surface area contributed by atoms with Gasteiger partial charge in [0, 0.05) is 12.2 Å². The van der Waals surface area contributed by atoms with Crippen molar-refractivity contribution < 1.29 is 0 Å². The van der Waals surface area contributed by atoms with Crippen LogP contribution in [-0.2, 0) is 6.54 Å². The average Bonchev–Trinajstić information content (AvgIpc) is 2.77. The van der Waals surface area contributed by atoms with Gasteiger partial charge >= 0.3 is 0 Å². The highest BCUT2D eigenvalue weighted by molar-refractivity contribution is 5.36. The molecule has 1 atom stereocenters. The molecule has 0 saturated carbocycles. The minimum Gasteiger partial charge on any atom is -0.307 e. The van der Waals surface area contributed by atoms with E-state index in [2.05, 4.69) is 29.4 Å². The van der Waals surface area contributed by atoms with Crippen LogP contribution in [0.25, 0.3) is 5.65 Å². The molecular formula is C13H20N4. The van der Waals surface area contributed by atoms with Gasteiger partial charge in [0.1, 0.15) is 0 Å². The SMILES string of the molecule is CCCC[C@H](C)NCc1nnc2ccccn12. The Balaban J connectivity index is 1.95. The number of hydrogen-bond donors (Lipinski definition) is 1. The van der Waals surface area contributed by atoms with Crippen molar-refractivity contribution in [3.8, 4) is 0 Å². The summed E-state index contributed by atoms with van der Waals surface area (Å²) in [5, 5.41) is 11.8. The van der Waals surface area contributed by atoms with Crippen LogP contribution in [0.2, 0.25) is 0 Å². The molecule has 0 spiro atoms. The summed E-state index contributed by atoms with van der Waals surface area (Å²) in [6.45, 7) is 5.22. The molecule has 2 aromatic heterocycles. The summed E-state index contributed by atoms with van der Waals surface area (Å²) in [5.74, 6) is 0.976. The van der Waals surface area contributed by atoms with E-state index in [4.69, 9.17) is 0 Å². The minimum absolute atomic E-state index is 0.533. The Hall–Kier alpha value is -1.42. The van der Waals surface area contributed by atoms with Crippen molar-refractivity contribution in [3.63, 3.8) is 0 Å². The number of fused-ring (bicyclic) bond motifs is 1. The molecule has 0 aliphatic rings. The number of aromatic nitrogens is 3. The van der Waals surface area contributed by atoms with Crippen LogP contribution < -0.4 is 5.32 Å². The maximum Gasteiger partial charge on any atom is 0.160 e. The van der Waals surface area contributed by atoms with Crippen molar-refractivity contribution >= 4 is 5.65 Å². The summed E-state index contributed by atoms with van der Waals surface area (Å²) in [6, 6.07) is 6.48. The predicted molar refractivity (Wildman–Crippen MR) is 68.8 cm³/mol. The molecule has 1 N–H and O–H groups in total. The second kappa shape index (κ2) is 5.77. The van der Waals surface area contributed by atoms with Gasteiger partial charge in [0.05, 0.1) is 6.54 Å². The summed E-state index contributed by atoms with van der Waals surface area (Å²) < 4.78 is 2.03. The number of unbranched alkanes of at least 4 members (excludes halogenated alkanes) is 1. The van der Waals surface area contributed by atoms with Crippen LogP contribution in [0.3, 0.4) is 0 Å². The Kier molecular flexibility index (Phi) is 4.09. The van der Waals surface area contributed by atoms with Crippen molar-refractivity contribution in [3.05, 3.63) is 30.2 Å². The molecule has 0 unspecified atom stereocenters. The molecule has 0 fully saturated rings. The highest BCUT2D eigenvalue weighted by atomic mass is 15.3. The van der Waals surface area contributed by atoms with E-state index in [0.717, 1.165) is 18.0 Å². The van der Waals surface area contributed by atoms with Gasteiger partial charge in [-0.1, -0.05) is 25.8 Å². The van der Waals surface area contributed by atoms with Gasteiger partial charge in [0.15, 0.2) is 11.5 Å². The van der Waals surface area contributed by atoms with Gasteiger partial charge in [-0.05, 0) is 25.5 Å². The van der Waals surface area contributed by atoms with Crippen LogP contribution in [0.5, 0.6) is 0 Å². The lowest BCUT2D eigenvalue weighted by Gasteiger charge is -2.12. The Bertz CT molecular complexity index is 463. The first-order valence-electron chi connectivity index (χ1n) is 6.33. The lowest BCUT2D eigenvalue weighted by atomic mass is 10.1. The third-order valence-electron chi connectivity index (χ3n) is 2.98. The number of rotatable bonds is 6. The van der Waals surface area contributed by atoms with Gasteiger partial charge in [-0.15, -0.1) is 10.2 Å². The smallest absolute Gasteiger partial charge is 0.160 e. The molecule has 17 heavy (non-hydrogen) atoms. The van der Waals surface area contributed by atoms with Gasteiger partial charge in [-0.3, -0.25) is 4.40 Å². The van der Waals surface area contributed by atoms with Crippen LogP contribution in [0.1, 0.15) is 38.9 Å². The molecule has 2 rings (SSSR count). The fraction of sp³-hybridized carbons (Fsp3) is 0.538. The van der Waals surface area contributed by atoms with E-state index in [9.17, 15) is 0 Å². The summed E-state index contributed by atoms with van der Waals surface area (Å²) in [5.41, 5.74) is 0.908. The number of pyridine rings is 1. The van der Waals surface area contributed by atoms with Crippen LogP contribution in [0.4, 0.5) is 0 Å². The van der Waals surface area contributed by atoms with Crippen LogP contribution in [0, 0.1) is 0 Å². The third-order valence-corrected chi connectivity index (χ3v) is 2.98. The topological polar surface area (TPSA) is 42.2 Å². The predicted octanol–water partition coefficient (Wildman–Crippen LogP) is 2.40.